The summed E-state index contributed by atoms with van der Waals surface area (Å²) in [6.45, 7) is 1.04. The molecule has 1 aromatic rings. The number of amides is 1. The standard InChI is InChI=1S/C12H10F3N3O/c13-12(14,15)10-3-9(2-1-7(10)4-16)18-11(19)8-5-17-6-8/h1-3,8,17H,5-6H2,(H,18,19). The van der Waals surface area contributed by atoms with Crippen LogP contribution in [0.1, 0.15) is 11.1 Å². The van der Waals surface area contributed by atoms with Gasteiger partial charge in [-0.2, -0.15) is 18.4 Å². The summed E-state index contributed by atoms with van der Waals surface area (Å²) in [6, 6.07) is 4.61. The molecule has 19 heavy (non-hydrogen) atoms. The monoisotopic (exact) mass is 269 g/mol. The molecule has 0 bridgehead atoms. The number of rotatable bonds is 2. The third kappa shape index (κ3) is 2.85. The lowest BCUT2D eigenvalue weighted by molar-refractivity contribution is -0.137. The summed E-state index contributed by atoms with van der Waals surface area (Å²) in [5.74, 6) is -0.540. The van der Waals surface area contributed by atoms with Gasteiger partial charge in [0.15, 0.2) is 0 Å². The Hall–Kier alpha value is -2.07. The third-order valence-corrected chi connectivity index (χ3v) is 2.87. The third-order valence-electron chi connectivity index (χ3n) is 2.87. The fourth-order valence-corrected chi connectivity index (χ4v) is 1.67. The van der Waals surface area contributed by atoms with E-state index in [1.54, 1.807) is 0 Å². The normalized spacial score (nSPS) is 15.5. The quantitative estimate of drug-likeness (QED) is 0.859. The Balaban J connectivity index is 2.23. The number of alkyl halides is 3. The molecule has 1 aromatic carbocycles. The van der Waals surface area contributed by atoms with Crippen LogP contribution in [0.25, 0.3) is 0 Å². The van der Waals surface area contributed by atoms with Crippen LogP contribution < -0.4 is 10.6 Å². The number of nitrogens with one attached hydrogen (secondary N) is 2. The van der Waals surface area contributed by atoms with Crippen LogP contribution in [0, 0.1) is 17.2 Å². The lowest BCUT2D eigenvalue weighted by Gasteiger charge is -2.25. The van der Waals surface area contributed by atoms with E-state index in [2.05, 4.69) is 10.6 Å². The van der Waals surface area contributed by atoms with Crippen LogP contribution in [0.15, 0.2) is 18.2 Å². The second kappa shape index (κ2) is 4.90. The van der Waals surface area contributed by atoms with E-state index in [4.69, 9.17) is 5.26 Å². The van der Waals surface area contributed by atoms with Gasteiger partial charge in [0, 0.05) is 18.8 Å². The Morgan fingerprint density at radius 3 is 2.58 bits per heavy atom. The van der Waals surface area contributed by atoms with Crippen LogP contribution in [-0.2, 0) is 11.0 Å². The Bertz CT molecular complexity index is 544. The number of nitriles is 1. The molecule has 0 unspecified atom stereocenters. The molecule has 1 aliphatic rings. The molecular formula is C12H10F3N3O. The number of hydrogen-bond donors (Lipinski definition) is 2. The maximum absolute atomic E-state index is 12.7. The number of carbonyl (C=O) groups is 1. The second-order valence-corrected chi connectivity index (χ2v) is 4.21. The Labute approximate surface area is 107 Å². The molecule has 1 aliphatic heterocycles. The van der Waals surface area contributed by atoms with Gasteiger partial charge < -0.3 is 10.6 Å². The largest absolute Gasteiger partial charge is 0.417 e. The van der Waals surface area contributed by atoms with Gasteiger partial charge in [-0.1, -0.05) is 0 Å². The lowest BCUT2D eigenvalue weighted by Crippen LogP contribution is -2.48. The first-order chi connectivity index (χ1) is 8.91. The van der Waals surface area contributed by atoms with Crippen molar-refractivity contribution < 1.29 is 18.0 Å². The minimum atomic E-state index is -4.62. The molecule has 100 valence electrons. The van der Waals surface area contributed by atoms with Crippen LogP contribution in [0.2, 0.25) is 0 Å². The maximum Gasteiger partial charge on any atom is 0.417 e. The van der Waals surface area contributed by atoms with Gasteiger partial charge in [-0.05, 0) is 18.2 Å². The van der Waals surface area contributed by atoms with E-state index in [0.29, 0.717) is 13.1 Å². The van der Waals surface area contributed by atoms with Gasteiger partial charge in [0.2, 0.25) is 5.91 Å². The van der Waals surface area contributed by atoms with E-state index in [1.165, 1.54) is 12.1 Å². The molecular weight excluding hydrogens is 259 g/mol. The maximum atomic E-state index is 12.7. The van der Waals surface area contributed by atoms with Crippen LogP contribution in [-0.4, -0.2) is 19.0 Å². The topological polar surface area (TPSA) is 64.9 Å². The number of halogens is 3. The Morgan fingerprint density at radius 2 is 2.11 bits per heavy atom. The average molecular weight is 269 g/mol. The second-order valence-electron chi connectivity index (χ2n) is 4.21. The average Bonchev–Trinajstić information content (AvgIpc) is 2.25. The van der Waals surface area contributed by atoms with Gasteiger partial charge >= 0.3 is 6.18 Å². The lowest BCUT2D eigenvalue weighted by atomic mass is 10.0. The Kier molecular flexibility index (Phi) is 3.44. The van der Waals surface area contributed by atoms with Gasteiger partial charge in [0.05, 0.1) is 23.1 Å². The number of nitrogens with zero attached hydrogens (tertiary/aromatic N) is 1. The van der Waals surface area contributed by atoms with E-state index < -0.39 is 17.3 Å². The minimum Gasteiger partial charge on any atom is -0.326 e. The highest BCUT2D eigenvalue weighted by molar-refractivity contribution is 5.93. The molecule has 1 heterocycles. The van der Waals surface area contributed by atoms with E-state index in [-0.39, 0.29) is 17.5 Å². The number of anilines is 1. The van der Waals surface area contributed by atoms with Gasteiger partial charge in [-0.15, -0.1) is 0 Å². The van der Waals surface area contributed by atoms with Gasteiger partial charge in [-0.25, -0.2) is 0 Å². The molecule has 7 heteroatoms. The SMILES string of the molecule is N#Cc1ccc(NC(=O)C2CNC2)cc1C(F)(F)F. The molecule has 1 saturated heterocycles. The fourth-order valence-electron chi connectivity index (χ4n) is 1.67. The fraction of sp³-hybridized carbons (Fsp3) is 0.333. The zero-order chi connectivity index (χ0) is 14.0. The molecule has 0 aliphatic carbocycles. The summed E-state index contributed by atoms with van der Waals surface area (Å²) in [4.78, 5) is 11.6. The van der Waals surface area contributed by atoms with Crippen LogP contribution in [0.3, 0.4) is 0 Å². The molecule has 1 fully saturated rings. The van der Waals surface area contributed by atoms with Crippen molar-refractivity contribution in [2.45, 2.75) is 6.18 Å². The van der Waals surface area contributed by atoms with Crippen LogP contribution >= 0.6 is 0 Å². The van der Waals surface area contributed by atoms with Crippen LogP contribution in [0.5, 0.6) is 0 Å². The summed E-state index contributed by atoms with van der Waals surface area (Å²) in [5, 5.41) is 14.0. The molecule has 4 nitrogen and oxygen atoms in total. The summed E-state index contributed by atoms with van der Waals surface area (Å²) < 4.78 is 38.1. The summed E-state index contributed by atoms with van der Waals surface area (Å²) in [6.07, 6.45) is -4.62. The molecule has 1 amide bonds. The predicted octanol–water partition coefficient (Wildman–Crippen LogP) is 1.73. The highest BCUT2D eigenvalue weighted by Crippen LogP contribution is 2.33. The van der Waals surface area contributed by atoms with E-state index in [0.717, 1.165) is 12.1 Å². The highest BCUT2D eigenvalue weighted by atomic mass is 19.4. The van der Waals surface area contributed by atoms with Crippen molar-refractivity contribution in [3.8, 4) is 6.07 Å². The van der Waals surface area contributed by atoms with Crippen molar-refractivity contribution in [3.63, 3.8) is 0 Å². The smallest absolute Gasteiger partial charge is 0.326 e. The van der Waals surface area contributed by atoms with Crippen molar-refractivity contribution in [2.24, 2.45) is 5.92 Å². The summed E-state index contributed by atoms with van der Waals surface area (Å²) in [5.41, 5.74) is -1.46. The van der Waals surface area contributed by atoms with E-state index in [9.17, 15) is 18.0 Å². The molecule has 0 spiro atoms. The minimum absolute atomic E-state index is 0.0447. The van der Waals surface area contributed by atoms with Crippen molar-refractivity contribution >= 4 is 11.6 Å². The first kappa shape index (κ1) is 13.4. The van der Waals surface area contributed by atoms with E-state index >= 15 is 0 Å². The zero-order valence-corrected chi connectivity index (χ0v) is 9.71. The van der Waals surface area contributed by atoms with Gasteiger partial charge in [-0.3, -0.25) is 4.79 Å². The molecule has 2 N–H and O–H groups in total. The summed E-state index contributed by atoms with van der Waals surface area (Å²) in [7, 11) is 0. The van der Waals surface area contributed by atoms with Crippen molar-refractivity contribution in [3.05, 3.63) is 29.3 Å². The van der Waals surface area contributed by atoms with E-state index in [1.807, 2.05) is 0 Å². The van der Waals surface area contributed by atoms with Crippen LogP contribution in [0.4, 0.5) is 18.9 Å². The van der Waals surface area contributed by atoms with Gasteiger partial charge in [0.25, 0.3) is 0 Å². The zero-order valence-electron chi connectivity index (χ0n) is 9.71. The molecule has 0 aromatic heterocycles. The molecule has 0 radical (unpaired) electrons. The number of carbonyl (C=O) groups excluding carboxylic acids is 1. The number of hydrogen-bond acceptors (Lipinski definition) is 3. The van der Waals surface area contributed by atoms with Gasteiger partial charge in [0.1, 0.15) is 0 Å². The van der Waals surface area contributed by atoms with Crippen molar-refractivity contribution in [1.29, 1.82) is 5.26 Å². The number of benzene rings is 1. The summed E-state index contributed by atoms with van der Waals surface area (Å²) >= 11 is 0. The van der Waals surface area contributed by atoms with Crippen molar-refractivity contribution in [2.75, 3.05) is 18.4 Å². The predicted molar refractivity (Wildman–Crippen MR) is 61.1 cm³/mol. The molecule has 0 atom stereocenters. The first-order valence-corrected chi connectivity index (χ1v) is 5.54. The Morgan fingerprint density at radius 1 is 1.42 bits per heavy atom. The molecule has 2 rings (SSSR count). The van der Waals surface area contributed by atoms with Crippen molar-refractivity contribution in [1.82, 2.24) is 5.32 Å². The molecule has 0 saturated carbocycles. The highest BCUT2D eigenvalue weighted by Gasteiger charge is 2.34. The first-order valence-electron chi connectivity index (χ1n) is 5.54.